The summed E-state index contributed by atoms with van der Waals surface area (Å²) in [6.07, 6.45) is 3.76. The van der Waals surface area contributed by atoms with Crippen LogP contribution in [0.1, 0.15) is 22.3 Å². The Labute approximate surface area is 152 Å². The summed E-state index contributed by atoms with van der Waals surface area (Å²) in [7, 11) is 2.05. The fraction of sp³-hybridized carbons (Fsp3) is 0.250. The standard InChI is InChI=1S/C20H22N4O2/c1-23(15-16-8-3-2-4-9-16)12-7-11-21-19(25)17-14-22-18-10-5-6-13-24(18)20(17)26/h2-6,8-10,13-14H,7,11-12,15H2,1H3,(H,21,25). The molecule has 0 bridgehead atoms. The first kappa shape index (κ1) is 17.8. The zero-order chi connectivity index (χ0) is 18.4. The number of nitrogens with zero attached hydrogens (tertiary/aromatic N) is 3. The third-order valence-electron chi connectivity index (χ3n) is 4.16. The first-order chi connectivity index (χ1) is 12.6. The number of fused-ring (bicyclic) bond motifs is 1. The molecule has 1 amide bonds. The number of carbonyl (C=O) groups is 1. The lowest BCUT2D eigenvalue weighted by Crippen LogP contribution is -2.33. The van der Waals surface area contributed by atoms with E-state index < -0.39 is 0 Å². The molecule has 0 aliphatic rings. The average molecular weight is 350 g/mol. The maximum Gasteiger partial charge on any atom is 0.270 e. The first-order valence-electron chi connectivity index (χ1n) is 8.62. The lowest BCUT2D eigenvalue weighted by molar-refractivity contribution is 0.0950. The monoisotopic (exact) mass is 350 g/mol. The third kappa shape index (κ3) is 4.34. The Morgan fingerprint density at radius 2 is 1.92 bits per heavy atom. The molecular formula is C20H22N4O2. The molecule has 0 radical (unpaired) electrons. The first-order valence-corrected chi connectivity index (χ1v) is 8.62. The average Bonchev–Trinajstić information content (AvgIpc) is 2.66. The molecular weight excluding hydrogens is 328 g/mol. The highest BCUT2D eigenvalue weighted by molar-refractivity contribution is 5.93. The Morgan fingerprint density at radius 1 is 1.15 bits per heavy atom. The zero-order valence-electron chi connectivity index (χ0n) is 14.8. The second-order valence-electron chi connectivity index (χ2n) is 6.24. The largest absolute Gasteiger partial charge is 0.352 e. The van der Waals surface area contributed by atoms with Crippen LogP contribution in [0.25, 0.3) is 5.65 Å². The smallest absolute Gasteiger partial charge is 0.270 e. The molecule has 0 fully saturated rings. The Hall–Kier alpha value is -2.99. The van der Waals surface area contributed by atoms with Crippen molar-refractivity contribution in [2.24, 2.45) is 0 Å². The number of rotatable bonds is 7. The van der Waals surface area contributed by atoms with Crippen molar-refractivity contribution in [3.05, 3.63) is 82.4 Å². The fourth-order valence-corrected chi connectivity index (χ4v) is 2.80. The van der Waals surface area contributed by atoms with E-state index in [9.17, 15) is 9.59 Å². The van der Waals surface area contributed by atoms with Gasteiger partial charge in [0.25, 0.3) is 11.5 Å². The lowest BCUT2D eigenvalue weighted by Gasteiger charge is -2.16. The van der Waals surface area contributed by atoms with Gasteiger partial charge in [-0.2, -0.15) is 0 Å². The Kier molecular flexibility index (Phi) is 5.76. The van der Waals surface area contributed by atoms with Gasteiger partial charge in [0, 0.05) is 25.5 Å². The van der Waals surface area contributed by atoms with Crippen LogP contribution in [0.15, 0.2) is 65.7 Å². The van der Waals surface area contributed by atoms with Crippen LogP contribution in [0.3, 0.4) is 0 Å². The number of hydrogen-bond acceptors (Lipinski definition) is 4. The number of amides is 1. The zero-order valence-corrected chi connectivity index (χ0v) is 14.8. The maximum absolute atomic E-state index is 12.4. The molecule has 1 aromatic carbocycles. The molecule has 2 heterocycles. The molecule has 0 saturated heterocycles. The Morgan fingerprint density at radius 3 is 2.73 bits per heavy atom. The van der Waals surface area contributed by atoms with E-state index in [1.54, 1.807) is 24.4 Å². The number of aromatic nitrogens is 2. The minimum Gasteiger partial charge on any atom is -0.352 e. The summed E-state index contributed by atoms with van der Waals surface area (Å²) >= 11 is 0. The van der Waals surface area contributed by atoms with Gasteiger partial charge in [0.2, 0.25) is 0 Å². The molecule has 3 rings (SSSR count). The number of pyridine rings is 1. The summed E-state index contributed by atoms with van der Waals surface area (Å²) in [5.74, 6) is -0.383. The van der Waals surface area contributed by atoms with Gasteiger partial charge in [-0.25, -0.2) is 4.98 Å². The van der Waals surface area contributed by atoms with E-state index in [1.165, 1.54) is 16.2 Å². The van der Waals surface area contributed by atoms with E-state index in [2.05, 4.69) is 34.4 Å². The number of nitrogens with one attached hydrogen (secondary N) is 1. The number of hydrogen-bond donors (Lipinski definition) is 1. The van der Waals surface area contributed by atoms with E-state index in [-0.39, 0.29) is 17.0 Å². The van der Waals surface area contributed by atoms with Crippen molar-refractivity contribution >= 4 is 11.6 Å². The van der Waals surface area contributed by atoms with E-state index in [4.69, 9.17) is 0 Å². The minimum absolute atomic E-state index is 0.0614. The van der Waals surface area contributed by atoms with Crippen molar-refractivity contribution in [2.75, 3.05) is 20.1 Å². The molecule has 134 valence electrons. The maximum atomic E-state index is 12.4. The molecule has 26 heavy (non-hydrogen) atoms. The van der Waals surface area contributed by atoms with Crippen LogP contribution in [0.5, 0.6) is 0 Å². The van der Waals surface area contributed by atoms with Gasteiger partial charge in [0.1, 0.15) is 11.2 Å². The molecule has 0 aliphatic heterocycles. The predicted molar refractivity (Wildman–Crippen MR) is 101 cm³/mol. The molecule has 2 aromatic heterocycles. The topological polar surface area (TPSA) is 66.7 Å². The second kappa shape index (κ2) is 8.40. The number of carbonyl (C=O) groups excluding carboxylic acids is 1. The summed E-state index contributed by atoms with van der Waals surface area (Å²) in [6, 6.07) is 15.5. The Balaban J connectivity index is 1.50. The van der Waals surface area contributed by atoms with Gasteiger partial charge in [-0.1, -0.05) is 36.4 Å². The van der Waals surface area contributed by atoms with Crippen LogP contribution >= 0.6 is 0 Å². The minimum atomic E-state index is -0.383. The molecule has 0 aliphatic carbocycles. The molecule has 0 unspecified atom stereocenters. The van der Waals surface area contributed by atoms with E-state index in [0.717, 1.165) is 19.5 Å². The van der Waals surface area contributed by atoms with Gasteiger partial charge in [-0.05, 0) is 37.7 Å². The van der Waals surface area contributed by atoms with Crippen LogP contribution in [0, 0.1) is 0 Å². The lowest BCUT2D eigenvalue weighted by atomic mass is 10.2. The van der Waals surface area contributed by atoms with Gasteiger partial charge in [-0.15, -0.1) is 0 Å². The van der Waals surface area contributed by atoms with Crippen LogP contribution < -0.4 is 10.9 Å². The molecule has 6 nitrogen and oxygen atoms in total. The molecule has 0 spiro atoms. The van der Waals surface area contributed by atoms with Gasteiger partial charge in [0.15, 0.2) is 0 Å². The molecule has 0 atom stereocenters. The predicted octanol–water partition coefficient (Wildman–Crippen LogP) is 1.95. The van der Waals surface area contributed by atoms with Crippen molar-refractivity contribution in [3.63, 3.8) is 0 Å². The summed E-state index contributed by atoms with van der Waals surface area (Å²) in [4.78, 5) is 31.0. The molecule has 6 heteroatoms. The summed E-state index contributed by atoms with van der Waals surface area (Å²) in [5, 5.41) is 2.80. The quantitative estimate of drug-likeness (QED) is 0.662. The van der Waals surface area contributed by atoms with Gasteiger partial charge >= 0.3 is 0 Å². The summed E-state index contributed by atoms with van der Waals surface area (Å²) < 4.78 is 1.38. The van der Waals surface area contributed by atoms with Crippen LogP contribution in [0.2, 0.25) is 0 Å². The van der Waals surface area contributed by atoms with Crippen molar-refractivity contribution < 1.29 is 4.79 Å². The van der Waals surface area contributed by atoms with E-state index >= 15 is 0 Å². The third-order valence-corrected chi connectivity index (χ3v) is 4.16. The van der Waals surface area contributed by atoms with Crippen molar-refractivity contribution in [1.29, 1.82) is 0 Å². The van der Waals surface area contributed by atoms with Gasteiger partial charge in [0.05, 0.1) is 0 Å². The van der Waals surface area contributed by atoms with E-state index in [0.29, 0.717) is 12.2 Å². The van der Waals surface area contributed by atoms with Crippen LogP contribution in [-0.2, 0) is 6.54 Å². The molecule has 1 N–H and O–H groups in total. The second-order valence-corrected chi connectivity index (χ2v) is 6.24. The summed E-state index contributed by atoms with van der Waals surface area (Å²) in [6.45, 7) is 2.23. The highest BCUT2D eigenvalue weighted by atomic mass is 16.2. The van der Waals surface area contributed by atoms with Gasteiger partial charge < -0.3 is 10.2 Å². The van der Waals surface area contributed by atoms with E-state index in [1.807, 2.05) is 18.2 Å². The fourth-order valence-electron chi connectivity index (χ4n) is 2.80. The van der Waals surface area contributed by atoms with Crippen LogP contribution in [-0.4, -0.2) is 40.3 Å². The van der Waals surface area contributed by atoms with Crippen LogP contribution in [0.4, 0.5) is 0 Å². The van der Waals surface area contributed by atoms with Crippen molar-refractivity contribution in [1.82, 2.24) is 19.6 Å². The highest BCUT2D eigenvalue weighted by Gasteiger charge is 2.12. The van der Waals surface area contributed by atoms with Crippen molar-refractivity contribution in [3.8, 4) is 0 Å². The normalized spacial score (nSPS) is 11.0. The Bertz CT molecular complexity index is 937. The molecule has 0 saturated carbocycles. The summed E-state index contributed by atoms with van der Waals surface area (Å²) in [5.41, 5.74) is 1.49. The van der Waals surface area contributed by atoms with Gasteiger partial charge in [-0.3, -0.25) is 14.0 Å². The molecule has 3 aromatic rings. The highest BCUT2D eigenvalue weighted by Crippen LogP contribution is 2.03. The van der Waals surface area contributed by atoms with Crippen molar-refractivity contribution in [2.45, 2.75) is 13.0 Å². The number of benzene rings is 1. The SMILES string of the molecule is CN(CCCNC(=O)c1cnc2ccccn2c1=O)Cc1ccccc1.